The molecule has 1 aromatic carbocycles. The number of rotatable bonds is 2. The van der Waals surface area contributed by atoms with E-state index in [9.17, 15) is 0 Å². The van der Waals surface area contributed by atoms with Crippen LogP contribution in [0.5, 0.6) is 0 Å². The second kappa shape index (κ2) is 4.30. The Morgan fingerprint density at radius 1 is 1.29 bits per heavy atom. The Labute approximate surface area is 104 Å². The highest BCUT2D eigenvalue weighted by molar-refractivity contribution is 5.41. The lowest BCUT2D eigenvalue weighted by Crippen LogP contribution is -2.40. The summed E-state index contributed by atoms with van der Waals surface area (Å²) in [7, 11) is 0. The van der Waals surface area contributed by atoms with Gasteiger partial charge in [0.15, 0.2) is 0 Å². The molecule has 2 atom stereocenters. The highest BCUT2D eigenvalue weighted by atomic mass is 14.6. The third-order valence-corrected chi connectivity index (χ3v) is 4.72. The number of fused-ring (bicyclic) bond motifs is 1. The number of hydrogen-bond acceptors (Lipinski definition) is 1. The van der Waals surface area contributed by atoms with Gasteiger partial charge < -0.3 is 5.73 Å². The molecule has 2 aliphatic carbocycles. The standard InChI is InChI=1S/C16H21N/c17-12-16(14-7-2-1-3-8-14)11-10-13-6-4-5-9-15(13)16/h2,4-7,9,14H,1,3,8,10-12,17H2. The zero-order chi connectivity index (χ0) is 11.7. The van der Waals surface area contributed by atoms with Crippen LogP contribution in [0, 0.1) is 5.92 Å². The lowest BCUT2D eigenvalue weighted by molar-refractivity contribution is 0.296. The number of aryl methyl sites for hydroxylation is 1. The van der Waals surface area contributed by atoms with Crippen molar-refractivity contribution in [2.24, 2.45) is 11.7 Å². The lowest BCUT2D eigenvalue weighted by Gasteiger charge is -2.37. The Hall–Kier alpha value is -1.08. The molecule has 0 heterocycles. The van der Waals surface area contributed by atoms with Gasteiger partial charge >= 0.3 is 0 Å². The Morgan fingerprint density at radius 2 is 2.18 bits per heavy atom. The zero-order valence-electron chi connectivity index (χ0n) is 10.4. The Bertz CT molecular complexity index is 435. The maximum atomic E-state index is 6.18. The molecule has 0 spiro atoms. The first-order valence-electron chi connectivity index (χ1n) is 6.82. The quantitative estimate of drug-likeness (QED) is 0.772. The van der Waals surface area contributed by atoms with Gasteiger partial charge in [-0.15, -0.1) is 0 Å². The minimum Gasteiger partial charge on any atom is -0.330 e. The van der Waals surface area contributed by atoms with Crippen molar-refractivity contribution in [1.82, 2.24) is 0 Å². The van der Waals surface area contributed by atoms with Crippen molar-refractivity contribution < 1.29 is 0 Å². The van der Waals surface area contributed by atoms with Crippen molar-refractivity contribution in [2.45, 2.75) is 37.5 Å². The van der Waals surface area contributed by atoms with Gasteiger partial charge in [-0.25, -0.2) is 0 Å². The second-order valence-corrected chi connectivity index (χ2v) is 5.48. The SMILES string of the molecule is NCC1(C2C=CCCC2)CCc2ccccc21. The van der Waals surface area contributed by atoms with Gasteiger partial charge in [0.2, 0.25) is 0 Å². The molecular weight excluding hydrogens is 206 g/mol. The van der Waals surface area contributed by atoms with Crippen LogP contribution in [0.15, 0.2) is 36.4 Å². The average molecular weight is 227 g/mol. The van der Waals surface area contributed by atoms with E-state index in [1.165, 1.54) is 43.2 Å². The Kier molecular flexibility index (Phi) is 2.79. The van der Waals surface area contributed by atoms with Gasteiger partial charge in [-0.1, -0.05) is 36.4 Å². The van der Waals surface area contributed by atoms with Crippen molar-refractivity contribution in [3.63, 3.8) is 0 Å². The molecule has 1 nitrogen and oxygen atoms in total. The van der Waals surface area contributed by atoms with E-state index in [4.69, 9.17) is 5.73 Å². The van der Waals surface area contributed by atoms with Crippen LogP contribution in [0.4, 0.5) is 0 Å². The molecule has 0 aliphatic heterocycles. The van der Waals surface area contributed by atoms with Gasteiger partial charge in [-0.2, -0.15) is 0 Å². The molecule has 2 unspecified atom stereocenters. The largest absolute Gasteiger partial charge is 0.330 e. The smallest absolute Gasteiger partial charge is 0.0144 e. The van der Waals surface area contributed by atoms with Gasteiger partial charge in [0, 0.05) is 12.0 Å². The molecule has 1 aromatic rings. The monoisotopic (exact) mass is 227 g/mol. The summed E-state index contributed by atoms with van der Waals surface area (Å²) in [6.07, 6.45) is 11.1. The summed E-state index contributed by atoms with van der Waals surface area (Å²) in [6, 6.07) is 8.90. The van der Waals surface area contributed by atoms with Crippen LogP contribution < -0.4 is 5.73 Å². The molecule has 2 N–H and O–H groups in total. The third-order valence-electron chi connectivity index (χ3n) is 4.72. The molecule has 0 fully saturated rings. The van der Waals surface area contributed by atoms with Gasteiger partial charge in [0.1, 0.15) is 0 Å². The molecule has 17 heavy (non-hydrogen) atoms. The molecule has 90 valence electrons. The first-order chi connectivity index (χ1) is 8.37. The third kappa shape index (κ3) is 1.64. The van der Waals surface area contributed by atoms with Crippen LogP contribution in [0.1, 0.15) is 36.8 Å². The van der Waals surface area contributed by atoms with E-state index < -0.39 is 0 Å². The minimum atomic E-state index is 0.230. The first kappa shape index (κ1) is 11.0. The molecule has 3 rings (SSSR count). The summed E-state index contributed by atoms with van der Waals surface area (Å²) in [5.74, 6) is 0.657. The normalized spacial score (nSPS) is 31.5. The predicted octanol–water partition coefficient (Wildman–Crippen LogP) is 3.19. The summed E-state index contributed by atoms with van der Waals surface area (Å²) >= 11 is 0. The van der Waals surface area contributed by atoms with Crippen LogP contribution in [-0.2, 0) is 11.8 Å². The van der Waals surface area contributed by atoms with Crippen LogP contribution >= 0.6 is 0 Å². The maximum absolute atomic E-state index is 6.18. The average Bonchev–Trinajstić information content (AvgIpc) is 2.80. The maximum Gasteiger partial charge on any atom is 0.0144 e. The van der Waals surface area contributed by atoms with E-state index in [2.05, 4.69) is 36.4 Å². The van der Waals surface area contributed by atoms with Crippen molar-refractivity contribution in [1.29, 1.82) is 0 Å². The molecule has 1 heteroatoms. The highest BCUT2D eigenvalue weighted by Crippen LogP contribution is 2.46. The lowest BCUT2D eigenvalue weighted by atomic mass is 9.68. The van der Waals surface area contributed by atoms with Crippen molar-refractivity contribution in [3.05, 3.63) is 47.5 Å². The summed E-state index contributed by atoms with van der Waals surface area (Å²) in [4.78, 5) is 0. The van der Waals surface area contributed by atoms with E-state index >= 15 is 0 Å². The first-order valence-corrected chi connectivity index (χ1v) is 6.82. The van der Waals surface area contributed by atoms with E-state index in [1.807, 2.05) is 0 Å². The number of allylic oxidation sites excluding steroid dienone is 2. The molecular formula is C16H21N. The fourth-order valence-corrected chi connectivity index (χ4v) is 3.74. The fourth-order valence-electron chi connectivity index (χ4n) is 3.74. The van der Waals surface area contributed by atoms with Crippen LogP contribution in [0.3, 0.4) is 0 Å². The molecule has 0 saturated heterocycles. The Balaban J connectivity index is 2.04. The van der Waals surface area contributed by atoms with E-state index in [0.717, 1.165) is 6.54 Å². The highest BCUT2D eigenvalue weighted by Gasteiger charge is 2.42. The van der Waals surface area contributed by atoms with E-state index in [0.29, 0.717) is 5.92 Å². The number of benzene rings is 1. The molecule has 0 radical (unpaired) electrons. The van der Waals surface area contributed by atoms with E-state index in [1.54, 1.807) is 0 Å². The second-order valence-electron chi connectivity index (χ2n) is 5.48. The molecule has 0 amide bonds. The molecule has 0 aromatic heterocycles. The van der Waals surface area contributed by atoms with E-state index in [-0.39, 0.29) is 5.41 Å². The van der Waals surface area contributed by atoms with Gasteiger partial charge in [-0.3, -0.25) is 0 Å². The topological polar surface area (TPSA) is 26.0 Å². The van der Waals surface area contributed by atoms with Gasteiger partial charge in [0.25, 0.3) is 0 Å². The fraction of sp³-hybridized carbons (Fsp3) is 0.500. The summed E-state index contributed by atoms with van der Waals surface area (Å²) in [6.45, 7) is 0.791. The summed E-state index contributed by atoms with van der Waals surface area (Å²) in [5.41, 5.74) is 9.46. The van der Waals surface area contributed by atoms with Gasteiger partial charge in [-0.05, 0) is 49.1 Å². The van der Waals surface area contributed by atoms with Crippen molar-refractivity contribution in [3.8, 4) is 0 Å². The minimum absolute atomic E-state index is 0.230. The molecule has 0 saturated carbocycles. The van der Waals surface area contributed by atoms with Crippen LogP contribution in [0.2, 0.25) is 0 Å². The Morgan fingerprint density at radius 3 is 2.94 bits per heavy atom. The van der Waals surface area contributed by atoms with Crippen molar-refractivity contribution >= 4 is 0 Å². The van der Waals surface area contributed by atoms with Crippen molar-refractivity contribution in [2.75, 3.05) is 6.54 Å². The number of hydrogen-bond donors (Lipinski definition) is 1. The molecule has 2 aliphatic rings. The predicted molar refractivity (Wildman–Crippen MR) is 72.0 cm³/mol. The number of nitrogens with two attached hydrogens (primary N) is 1. The summed E-state index contributed by atoms with van der Waals surface area (Å²) < 4.78 is 0. The summed E-state index contributed by atoms with van der Waals surface area (Å²) in [5, 5.41) is 0. The van der Waals surface area contributed by atoms with Crippen LogP contribution in [0.25, 0.3) is 0 Å². The zero-order valence-corrected chi connectivity index (χ0v) is 10.4. The van der Waals surface area contributed by atoms with Gasteiger partial charge in [0.05, 0.1) is 0 Å². The van der Waals surface area contributed by atoms with Crippen LogP contribution in [-0.4, -0.2) is 6.54 Å². The molecule has 0 bridgehead atoms.